The maximum Gasteiger partial charge on any atom is 0.354 e. The van der Waals surface area contributed by atoms with Gasteiger partial charge in [0.25, 0.3) is 0 Å². The van der Waals surface area contributed by atoms with Crippen LogP contribution in [-0.4, -0.2) is 86.1 Å². The van der Waals surface area contributed by atoms with Crippen molar-refractivity contribution in [2.24, 2.45) is 4.99 Å². The molecule has 0 aromatic carbocycles. The number of aliphatic imine (C=N–C) groups is 1. The molecule has 1 rings (SSSR count). The second kappa shape index (κ2) is 12.1. The van der Waals surface area contributed by atoms with Crippen molar-refractivity contribution in [1.29, 1.82) is 0 Å². The summed E-state index contributed by atoms with van der Waals surface area (Å²) in [5.41, 5.74) is -0.162. The fourth-order valence-electron chi connectivity index (χ4n) is 2.80. The van der Waals surface area contributed by atoms with Crippen LogP contribution in [0.5, 0.6) is 0 Å². The first-order valence-electron chi connectivity index (χ1n) is 9.37. The second-order valence-electron chi connectivity index (χ2n) is 5.66. The molecule has 0 radical (unpaired) electrons. The molecule has 2 atom stereocenters. The van der Waals surface area contributed by atoms with Gasteiger partial charge in [-0.25, -0.2) is 9.59 Å². The number of carbonyl (C=O) groups is 4. The lowest BCUT2D eigenvalue weighted by atomic mass is 10.0. The van der Waals surface area contributed by atoms with Crippen LogP contribution < -0.4 is 0 Å². The summed E-state index contributed by atoms with van der Waals surface area (Å²) in [5.74, 6) is -2.85. The molecule has 10 heteroatoms. The highest BCUT2D eigenvalue weighted by molar-refractivity contribution is 6.42. The molecular weight excluding hydrogens is 372 g/mol. The highest BCUT2D eigenvalue weighted by atomic mass is 16.5. The zero-order chi connectivity index (χ0) is 21.1. The van der Waals surface area contributed by atoms with Crippen LogP contribution in [0.1, 0.15) is 34.1 Å². The van der Waals surface area contributed by atoms with Crippen molar-refractivity contribution < 1.29 is 38.1 Å². The molecule has 0 aromatic rings. The van der Waals surface area contributed by atoms with Crippen LogP contribution in [0.3, 0.4) is 0 Å². The van der Waals surface area contributed by atoms with E-state index in [1.165, 1.54) is 4.90 Å². The quantitative estimate of drug-likeness (QED) is 0.372. The molecule has 0 saturated carbocycles. The van der Waals surface area contributed by atoms with Crippen molar-refractivity contribution in [1.82, 2.24) is 4.90 Å². The average Bonchev–Trinajstić information content (AvgIpc) is 2.66. The van der Waals surface area contributed by atoms with Gasteiger partial charge >= 0.3 is 23.9 Å². The third kappa shape index (κ3) is 6.29. The smallest absolute Gasteiger partial charge is 0.354 e. The van der Waals surface area contributed by atoms with Crippen LogP contribution in [-0.2, 0) is 38.1 Å². The second-order valence-corrected chi connectivity index (χ2v) is 5.66. The highest BCUT2D eigenvalue weighted by Gasteiger charge is 2.45. The fourth-order valence-corrected chi connectivity index (χ4v) is 2.80. The van der Waals surface area contributed by atoms with Gasteiger partial charge in [-0.15, -0.1) is 0 Å². The summed E-state index contributed by atoms with van der Waals surface area (Å²) in [6.07, 6.45) is -0.335. The molecule has 10 nitrogen and oxygen atoms in total. The van der Waals surface area contributed by atoms with Crippen LogP contribution >= 0.6 is 0 Å². The number of rotatable bonds is 10. The van der Waals surface area contributed by atoms with Crippen LogP contribution in [0, 0.1) is 0 Å². The van der Waals surface area contributed by atoms with Gasteiger partial charge in [-0.05, 0) is 27.7 Å². The maximum atomic E-state index is 12.6. The predicted molar refractivity (Wildman–Crippen MR) is 97.7 cm³/mol. The third-order valence-electron chi connectivity index (χ3n) is 3.85. The first kappa shape index (κ1) is 23.5. The highest BCUT2D eigenvalue weighted by Crippen LogP contribution is 2.19. The third-order valence-corrected chi connectivity index (χ3v) is 3.85. The van der Waals surface area contributed by atoms with E-state index in [1.54, 1.807) is 27.7 Å². The van der Waals surface area contributed by atoms with Crippen molar-refractivity contribution in [2.45, 2.75) is 46.2 Å². The maximum absolute atomic E-state index is 12.6. The lowest BCUT2D eigenvalue weighted by molar-refractivity contribution is -0.160. The van der Waals surface area contributed by atoms with Crippen LogP contribution in [0.15, 0.2) is 4.99 Å². The zero-order valence-electron chi connectivity index (χ0n) is 16.8. The standard InChI is InChI=1S/C18H28N2O8/c1-5-25-13(21)11-12(16(22)26-6-2)20-10-9-19-14(17(23)27-7-3)15(20)18(24)28-8-4/h12,15H,5-11H2,1-4H3/t12-,15-/m0/s1. The number of nitrogens with zero attached hydrogens (tertiary/aromatic N) is 2. The Hall–Kier alpha value is -2.49. The van der Waals surface area contributed by atoms with Gasteiger partial charge in [0.15, 0.2) is 6.04 Å². The van der Waals surface area contributed by atoms with E-state index in [1.807, 2.05) is 0 Å². The van der Waals surface area contributed by atoms with E-state index in [-0.39, 0.29) is 51.6 Å². The van der Waals surface area contributed by atoms with E-state index < -0.39 is 36.0 Å². The molecule has 0 aliphatic carbocycles. The van der Waals surface area contributed by atoms with Gasteiger partial charge in [0, 0.05) is 6.54 Å². The summed E-state index contributed by atoms with van der Waals surface area (Å²) >= 11 is 0. The Bertz CT molecular complexity index is 604. The molecule has 28 heavy (non-hydrogen) atoms. The fraction of sp³-hybridized carbons (Fsp3) is 0.722. The summed E-state index contributed by atoms with van der Waals surface area (Å²) in [6, 6.07) is -2.41. The van der Waals surface area contributed by atoms with Gasteiger partial charge < -0.3 is 18.9 Å². The SMILES string of the molecule is CCOC(=O)C[C@@H](C(=O)OCC)N1CCN=C(C(=O)OCC)[C@H]1C(=O)OCC. The Kier molecular flexibility index (Phi) is 10.1. The van der Waals surface area contributed by atoms with Crippen LogP contribution in [0.25, 0.3) is 0 Å². The first-order valence-corrected chi connectivity index (χ1v) is 9.37. The Labute approximate surface area is 164 Å². The van der Waals surface area contributed by atoms with Crippen molar-refractivity contribution in [3.05, 3.63) is 0 Å². The monoisotopic (exact) mass is 400 g/mol. The van der Waals surface area contributed by atoms with Gasteiger partial charge in [-0.1, -0.05) is 0 Å². The Balaban J connectivity index is 3.27. The zero-order valence-corrected chi connectivity index (χ0v) is 16.8. The molecular formula is C18H28N2O8. The molecule has 0 fully saturated rings. The molecule has 0 saturated heterocycles. The lowest BCUT2D eigenvalue weighted by Gasteiger charge is -2.37. The number of esters is 4. The van der Waals surface area contributed by atoms with Crippen molar-refractivity contribution >= 4 is 29.6 Å². The normalized spacial score (nSPS) is 17.9. The Morgan fingerprint density at radius 2 is 1.57 bits per heavy atom. The number of hydrogen-bond acceptors (Lipinski definition) is 10. The van der Waals surface area contributed by atoms with Crippen molar-refractivity contribution in [3.8, 4) is 0 Å². The summed E-state index contributed by atoms with van der Waals surface area (Å²) in [6.45, 7) is 7.21. The van der Waals surface area contributed by atoms with E-state index in [0.29, 0.717) is 0 Å². The molecule has 0 unspecified atom stereocenters. The summed E-state index contributed by atoms with van der Waals surface area (Å²) in [4.78, 5) is 55.0. The molecule has 0 bridgehead atoms. The number of hydrogen-bond donors (Lipinski definition) is 0. The Morgan fingerprint density at radius 1 is 0.964 bits per heavy atom. The van der Waals surface area contributed by atoms with Gasteiger partial charge in [0.1, 0.15) is 11.8 Å². The molecule has 0 amide bonds. The molecule has 1 heterocycles. The van der Waals surface area contributed by atoms with E-state index >= 15 is 0 Å². The van der Waals surface area contributed by atoms with Gasteiger partial charge in [-0.2, -0.15) is 0 Å². The largest absolute Gasteiger partial charge is 0.466 e. The Morgan fingerprint density at radius 3 is 2.14 bits per heavy atom. The summed E-state index contributed by atoms with van der Waals surface area (Å²) < 4.78 is 20.1. The molecule has 0 spiro atoms. The van der Waals surface area contributed by atoms with E-state index in [2.05, 4.69) is 4.99 Å². The number of ether oxygens (including phenoxy) is 4. The minimum atomic E-state index is -1.28. The van der Waals surface area contributed by atoms with E-state index in [4.69, 9.17) is 18.9 Å². The van der Waals surface area contributed by atoms with Gasteiger partial charge in [0.2, 0.25) is 0 Å². The summed E-state index contributed by atoms with van der Waals surface area (Å²) in [7, 11) is 0. The molecule has 158 valence electrons. The molecule has 0 aromatic heterocycles. The van der Waals surface area contributed by atoms with Crippen molar-refractivity contribution in [3.63, 3.8) is 0 Å². The molecule has 1 aliphatic rings. The predicted octanol–water partition coefficient (Wildman–Crippen LogP) is 0.123. The van der Waals surface area contributed by atoms with Crippen LogP contribution in [0.4, 0.5) is 0 Å². The minimum Gasteiger partial charge on any atom is -0.466 e. The van der Waals surface area contributed by atoms with Crippen LogP contribution in [0.2, 0.25) is 0 Å². The molecule has 1 aliphatic heterocycles. The lowest BCUT2D eigenvalue weighted by Crippen LogP contribution is -2.60. The van der Waals surface area contributed by atoms with Crippen molar-refractivity contribution in [2.75, 3.05) is 39.5 Å². The van der Waals surface area contributed by atoms with Gasteiger partial charge in [0.05, 0.1) is 39.4 Å². The van der Waals surface area contributed by atoms with E-state index in [0.717, 1.165) is 0 Å². The molecule has 0 N–H and O–H groups in total. The van der Waals surface area contributed by atoms with E-state index in [9.17, 15) is 19.2 Å². The first-order chi connectivity index (χ1) is 13.4. The topological polar surface area (TPSA) is 121 Å². The summed E-state index contributed by atoms with van der Waals surface area (Å²) in [5, 5.41) is 0. The minimum absolute atomic E-state index is 0.0707. The van der Waals surface area contributed by atoms with Gasteiger partial charge in [-0.3, -0.25) is 19.5 Å². The number of carbonyl (C=O) groups excluding carboxylic acids is 4. The average molecular weight is 400 g/mol.